The second-order valence-electron chi connectivity index (χ2n) is 4.54. The lowest BCUT2D eigenvalue weighted by Gasteiger charge is -2.17. The molecule has 0 aliphatic heterocycles. The molecule has 3 N–H and O–H groups in total. The number of hydrogen-bond acceptors (Lipinski definition) is 4. The molecule has 2 atom stereocenters. The molecule has 1 aromatic carbocycles. The minimum Gasteiger partial charge on any atom is -0.391 e. The van der Waals surface area contributed by atoms with Crippen molar-refractivity contribution in [2.24, 2.45) is 0 Å². The molecular formula is C12H17NO4S. The lowest BCUT2D eigenvalue weighted by molar-refractivity contribution is 0.141. The van der Waals surface area contributed by atoms with Gasteiger partial charge in [0, 0.05) is 6.42 Å². The SMILES string of the molecule is O=S(=O)(O)CCCN[C@@H]1c2ccccc2C[C@@H]1O. The van der Waals surface area contributed by atoms with Crippen molar-refractivity contribution in [1.29, 1.82) is 0 Å². The smallest absolute Gasteiger partial charge is 0.264 e. The third-order valence-corrected chi connectivity index (χ3v) is 3.95. The average molecular weight is 271 g/mol. The molecule has 0 spiro atoms. The van der Waals surface area contributed by atoms with E-state index in [1.165, 1.54) is 0 Å². The number of aliphatic hydroxyl groups excluding tert-OH is 1. The van der Waals surface area contributed by atoms with Crippen LogP contribution in [0.15, 0.2) is 24.3 Å². The number of benzene rings is 1. The fourth-order valence-corrected chi connectivity index (χ4v) is 2.84. The van der Waals surface area contributed by atoms with Gasteiger partial charge < -0.3 is 10.4 Å². The Morgan fingerprint density at radius 1 is 1.33 bits per heavy atom. The zero-order valence-electron chi connectivity index (χ0n) is 9.91. The van der Waals surface area contributed by atoms with E-state index in [2.05, 4.69) is 5.32 Å². The highest BCUT2D eigenvalue weighted by Crippen LogP contribution is 2.30. The van der Waals surface area contributed by atoms with Crippen LogP contribution in [0.4, 0.5) is 0 Å². The van der Waals surface area contributed by atoms with E-state index in [4.69, 9.17) is 4.55 Å². The summed E-state index contributed by atoms with van der Waals surface area (Å²) in [6.07, 6.45) is 0.462. The summed E-state index contributed by atoms with van der Waals surface area (Å²) >= 11 is 0. The van der Waals surface area contributed by atoms with Crippen LogP contribution in [0.25, 0.3) is 0 Å². The molecule has 100 valence electrons. The Bertz CT molecular complexity index is 515. The van der Waals surface area contributed by atoms with Gasteiger partial charge in [-0.3, -0.25) is 4.55 Å². The van der Waals surface area contributed by atoms with Crippen molar-refractivity contribution < 1.29 is 18.1 Å². The summed E-state index contributed by atoms with van der Waals surface area (Å²) in [5, 5.41) is 13.1. The van der Waals surface area contributed by atoms with Crippen LogP contribution in [0.3, 0.4) is 0 Å². The molecule has 0 radical (unpaired) electrons. The highest BCUT2D eigenvalue weighted by molar-refractivity contribution is 7.85. The first-order valence-electron chi connectivity index (χ1n) is 5.92. The van der Waals surface area contributed by atoms with E-state index in [1.54, 1.807) is 0 Å². The third kappa shape index (κ3) is 3.29. The predicted molar refractivity (Wildman–Crippen MR) is 67.9 cm³/mol. The van der Waals surface area contributed by atoms with E-state index in [1.807, 2.05) is 24.3 Å². The van der Waals surface area contributed by atoms with Gasteiger partial charge in [0.2, 0.25) is 0 Å². The molecule has 0 fully saturated rings. The monoisotopic (exact) mass is 271 g/mol. The van der Waals surface area contributed by atoms with Gasteiger partial charge in [-0.25, -0.2) is 0 Å². The van der Waals surface area contributed by atoms with Crippen molar-refractivity contribution in [3.8, 4) is 0 Å². The molecule has 0 aromatic heterocycles. The molecule has 6 heteroatoms. The summed E-state index contributed by atoms with van der Waals surface area (Å²) in [6.45, 7) is 0.440. The van der Waals surface area contributed by atoms with Gasteiger partial charge in [0.05, 0.1) is 17.9 Å². The topological polar surface area (TPSA) is 86.6 Å². The first-order valence-corrected chi connectivity index (χ1v) is 7.53. The Balaban J connectivity index is 1.90. The van der Waals surface area contributed by atoms with E-state index < -0.39 is 16.2 Å². The summed E-state index contributed by atoms with van der Waals surface area (Å²) in [5.41, 5.74) is 2.19. The molecule has 0 bridgehead atoms. The summed E-state index contributed by atoms with van der Waals surface area (Å²) < 4.78 is 29.8. The Morgan fingerprint density at radius 3 is 2.78 bits per heavy atom. The lowest BCUT2D eigenvalue weighted by Crippen LogP contribution is -2.30. The van der Waals surface area contributed by atoms with E-state index in [-0.39, 0.29) is 11.8 Å². The number of nitrogens with one attached hydrogen (secondary N) is 1. The van der Waals surface area contributed by atoms with Crippen LogP contribution in [0.2, 0.25) is 0 Å². The number of aliphatic hydroxyl groups is 1. The second-order valence-corrected chi connectivity index (χ2v) is 6.11. The largest absolute Gasteiger partial charge is 0.391 e. The van der Waals surface area contributed by atoms with Crippen LogP contribution in [0, 0.1) is 0 Å². The Labute approximate surface area is 107 Å². The van der Waals surface area contributed by atoms with E-state index in [0.29, 0.717) is 19.4 Å². The molecule has 0 heterocycles. The normalized spacial score (nSPS) is 23.0. The van der Waals surface area contributed by atoms with Crippen molar-refractivity contribution in [1.82, 2.24) is 5.32 Å². The molecule has 0 saturated carbocycles. The molecule has 0 amide bonds. The van der Waals surface area contributed by atoms with E-state index in [0.717, 1.165) is 11.1 Å². The molecule has 1 aliphatic carbocycles. The zero-order valence-corrected chi connectivity index (χ0v) is 10.7. The molecular weight excluding hydrogens is 254 g/mol. The summed E-state index contributed by atoms with van der Waals surface area (Å²) in [6, 6.07) is 7.66. The van der Waals surface area contributed by atoms with Crippen molar-refractivity contribution in [2.75, 3.05) is 12.3 Å². The molecule has 1 aliphatic rings. The van der Waals surface area contributed by atoms with Gasteiger partial charge in [0.1, 0.15) is 0 Å². The average Bonchev–Trinajstić information content (AvgIpc) is 2.59. The van der Waals surface area contributed by atoms with Crippen LogP contribution >= 0.6 is 0 Å². The highest BCUT2D eigenvalue weighted by Gasteiger charge is 2.29. The second kappa shape index (κ2) is 5.36. The van der Waals surface area contributed by atoms with E-state index in [9.17, 15) is 13.5 Å². The Hall–Kier alpha value is -0.950. The van der Waals surface area contributed by atoms with Gasteiger partial charge in [-0.15, -0.1) is 0 Å². The maximum Gasteiger partial charge on any atom is 0.264 e. The third-order valence-electron chi connectivity index (χ3n) is 3.15. The fourth-order valence-electron chi connectivity index (χ4n) is 2.33. The maximum absolute atomic E-state index is 10.6. The quantitative estimate of drug-likeness (QED) is 0.536. The molecule has 0 saturated heterocycles. The predicted octanol–water partition coefficient (Wildman–Crippen LogP) is 0.512. The minimum absolute atomic E-state index is 0.150. The molecule has 0 unspecified atom stereocenters. The number of fused-ring (bicyclic) bond motifs is 1. The summed E-state index contributed by atoms with van der Waals surface area (Å²) in [5.74, 6) is -0.259. The van der Waals surface area contributed by atoms with Crippen molar-refractivity contribution in [3.05, 3.63) is 35.4 Å². The van der Waals surface area contributed by atoms with Crippen LogP contribution in [0.5, 0.6) is 0 Å². The van der Waals surface area contributed by atoms with Crippen LogP contribution < -0.4 is 5.32 Å². The zero-order chi connectivity index (χ0) is 13.2. The Kier molecular flexibility index (Phi) is 4.01. The standard InChI is InChI=1S/C12H17NO4S/c14-11-8-9-4-1-2-5-10(9)12(11)13-6-3-7-18(15,16)17/h1-2,4-5,11-14H,3,6-8H2,(H,15,16,17)/t11-,12+/m0/s1. The maximum atomic E-state index is 10.6. The van der Waals surface area contributed by atoms with Gasteiger partial charge in [-0.1, -0.05) is 24.3 Å². The van der Waals surface area contributed by atoms with Crippen molar-refractivity contribution >= 4 is 10.1 Å². The molecule has 5 nitrogen and oxygen atoms in total. The van der Waals surface area contributed by atoms with Gasteiger partial charge in [0.15, 0.2) is 0 Å². The van der Waals surface area contributed by atoms with E-state index >= 15 is 0 Å². The summed E-state index contributed by atoms with van der Waals surface area (Å²) in [4.78, 5) is 0. The first kappa shape index (κ1) is 13.5. The highest BCUT2D eigenvalue weighted by atomic mass is 32.2. The molecule has 2 rings (SSSR count). The summed E-state index contributed by atoms with van der Waals surface area (Å²) in [7, 11) is -3.90. The van der Waals surface area contributed by atoms with Crippen LogP contribution in [0.1, 0.15) is 23.6 Å². The van der Waals surface area contributed by atoms with Gasteiger partial charge in [-0.2, -0.15) is 8.42 Å². The molecule has 18 heavy (non-hydrogen) atoms. The van der Waals surface area contributed by atoms with Crippen molar-refractivity contribution in [3.63, 3.8) is 0 Å². The van der Waals surface area contributed by atoms with Crippen LogP contribution in [-0.2, 0) is 16.5 Å². The minimum atomic E-state index is -3.90. The molecule has 1 aromatic rings. The van der Waals surface area contributed by atoms with Gasteiger partial charge in [0.25, 0.3) is 10.1 Å². The van der Waals surface area contributed by atoms with Crippen LogP contribution in [-0.4, -0.2) is 36.5 Å². The van der Waals surface area contributed by atoms with Gasteiger partial charge in [-0.05, 0) is 24.1 Å². The lowest BCUT2D eigenvalue weighted by atomic mass is 10.1. The Morgan fingerprint density at radius 2 is 2.06 bits per heavy atom. The number of hydrogen-bond donors (Lipinski definition) is 3. The first-order chi connectivity index (χ1) is 8.47. The van der Waals surface area contributed by atoms with Crippen molar-refractivity contribution in [2.45, 2.75) is 25.0 Å². The fraction of sp³-hybridized carbons (Fsp3) is 0.500. The van der Waals surface area contributed by atoms with Gasteiger partial charge >= 0.3 is 0 Å². The number of rotatable bonds is 5.